The molecule has 1 aromatic carbocycles. The van der Waals surface area contributed by atoms with E-state index in [2.05, 4.69) is 22.6 Å². The zero-order chi connectivity index (χ0) is 20.4. The average Bonchev–Trinajstić information content (AvgIpc) is 3.17. The minimum Gasteiger partial charge on any atom is -0.360 e. The van der Waals surface area contributed by atoms with Crippen LogP contribution in [0.3, 0.4) is 0 Å². The molecular weight excluding hydrogens is 404 g/mol. The minimum absolute atomic E-state index is 0. The molecule has 2 amide bonds. The number of rotatable bonds is 4. The monoisotopic (exact) mass is 432 g/mol. The number of fused-ring (bicyclic) bond motifs is 1. The molecule has 162 valence electrons. The number of carbonyl (C=O) groups excluding carboxylic acids is 2. The lowest BCUT2D eigenvalue weighted by Gasteiger charge is -2.26. The Hall–Kier alpha value is -2.38. The highest BCUT2D eigenvalue weighted by Crippen LogP contribution is 2.25. The summed E-state index contributed by atoms with van der Waals surface area (Å²) >= 11 is 0. The highest BCUT2D eigenvalue weighted by molar-refractivity contribution is 5.96. The van der Waals surface area contributed by atoms with Crippen LogP contribution in [0, 0.1) is 5.92 Å². The van der Waals surface area contributed by atoms with Crippen LogP contribution in [0.25, 0.3) is 0 Å². The van der Waals surface area contributed by atoms with Gasteiger partial charge in [-0.3, -0.25) is 9.59 Å². The lowest BCUT2D eigenvalue weighted by atomic mass is 9.92. The molecule has 1 atom stereocenters. The van der Waals surface area contributed by atoms with Crippen molar-refractivity contribution in [1.82, 2.24) is 20.3 Å². The number of amides is 2. The first-order valence-electron chi connectivity index (χ1n) is 10.3. The summed E-state index contributed by atoms with van der Waals surface area (Å²) in [6, 6.07) is 7.97. The van der Waals surface area contributed by atoms with Crippen molar-refractivity contribution in [3.8, 4) is 0 Å². The summed E-state index contributed by atoms with van der Waals surface area (Å²) < 4.78 is 5.34. The van der Waals surface area contributed by atoms with Gasteiger partial charge in [-0.05, 0) is 56.0 Å². The third kappa shape index (κ3) is 4.68. The number of halogens is 1. The second kappa shape index (κ2) is 9.62. The van der Waals surface area contributed by atoms with Gasteiger partial charge in [-0.25, -0.2) is 0 Å². The van der Waals surface area contributed by atoms with Crippen LogP contribution in [0.1, 0.15) is 50.6 Å². The van der Waals surface area contributed by atoms with E-state index in [1.165, 1.54) is 23.3 Å². The number of carbonyl (C=O) groups is 2. The molecule has 2 aliphatic heterocycles. The molecule has 2 aliphatic rings. The topological polar surface area (TPSA) is 78.7 Å². The van der Waals surface area contributed by atoms with E-state index in [0.717, 1.165) is 25.1 Å². The Balaban J connectivity index is 0.00000256. The summed E-state index contributed by atoms with van der Waals surface area (Å²) in [5, 5.41) is 7.40. The Bertz CT molecular complexity index is 888. The van der Waals surface area contributed by atoms with Crippen molar-refractivity contribution in [2.45, 2.75) is 32.2 Å². The van der Waals surface area contributed by atoms with E-state index in [0.29, 0.717) is 42.4 Å². The lowest BCUT2D eigenvalue weighted by molar-refractivity contribution is 0.0723. The lowest BCUT2D eigenvalue weighted by Crippen LogP contribution is -2.36. The summed E-state index contributed by atoms with van der Waals surface area (Å²) in [4.78, 5) is 28.6. The Morgan fingerprint density at radius 2 is 2.03 bits per heavy atom. The SMILES string of the molecule is CN(C)C(=O)c1noc2c1CN(C(=O)c1ccc(CC3CCCNC3)cc1)CC2.Cl. The van der Waals surface area contributed by atoms with Crippen LogP contribution in [0.4, 0.5) is 0 Å². The maximum Gasteiger partial charge on any atom is 0.275 e. The number of piperidine rings is 1. The molecule has 8 heteroatoms. The maximum atomic E-state index is 13.0. The second-order valence-corrected chi connectivity index (χ2v) is 8.22. The number of hydrogen-bond donors (Lipinski definition) is 1. The Labute approximate surface area is 183 Å². The average molecular weight is 433 g/mol. The Kier molecular flexibility index (Phi) is 7.15. The second-order valence-electron chi connectivity index (χ2n) is 8.22. The fourth-order valence-corrected chi connectivity index (χ4v) is 4.16. The summed E-state index contributed by atoms with van der Waals surface area (Å²) in [6.07, 6.45) is 4.11. The summed E-state index contributed by atoms with van der Waals surface area (Å²) in [7, 11) is 3.36. The van der Waals surface area contributed by atoms with Crippen molar-refractivity contribution in [3.63, 3.8) is 0 Å². The molecule has 30 heavy (non-hydrogen) atoms. The van der Waals surface area contributed by atoms with Crippen LogP contribution >= 0.6 is 12.4 Å². The molecule has 0 spiro atoms. The number of nitrogens with one attached hydrogen (secondary N) is 1. The highest BCUT2D eigenvalue weighted by atomic mass is 35.5. The smallest absolute Gasteiger partial charge is 0.275 e. The van der Waals surface area contributed by atoms with Crippen LogP contribution in [0.15, 0.2) is 28.8 Å². The molecule has 2 aromatic rings. The van der Waals surface area contributed by atoms with Gasteiger partial charge in [-0.2, -0.15) is 0 Å². The van der Waals surface area contributed by atoms with Gasteiger partial charge in [0.25, 0.3) is 11.8 Å². The Morgan fingerprint density at radius 3 is 2.70 bits per heavy atom. The fourth-order valence-electron chi connectivity index (χ4n) is 4.16. The highest BCUT2D eigenvalue weighted by Gasteiger charge is 2.30. The molecule has 1 fully saturated rings. The Morgan fingerprint density at radius 1 is 1.27 bits per heavy atom. The molecule has 3 heterocycles. The molecule has 0 aliphatic carbocycles. The van der Waals surface area contributed by atoms with Crippen molar-refractivity contribution in [2.75, 3.05) is 33.7 Å². The largest absolute Gasteiger partial charge is 0.360 e. The zero-order valence-corrected chi connectivity index (χ0v) is 18.3. The van der Waals surface area contributed by atoms with E-state index in [-0.39, 0.29) is 24.2 Å². The van der Waals surface area contributed by atoms with Gasteiger partial charge in [0.2, 0.25) is 0 Å². The number of benzene rings is 1. The standard InChI is InChI=1S/C22H28N4O3.ClH/c1-25(2)22(28)20-18-14-26(11-9-19(18)29-24-20)21(27)17-7-5-15(6-8-17)12-16-4-3-10-23-13-16;/h5-8,16,23H,3-4,9-14H2,1-2H3;1H. The normalized spacial score (nSPS) is 18.3. The number of nitrogens with zero attached hydrogens (tertiary/aromatic N) is 3. The predicted octanol–water partition coefficient (Wildman–Crippen LogP) is 2.54. The summed E-state index contributed by atoms with van der Waals surface area (Å²) in [5.74, 6) is 1.15. The molecule has 4 rings (SSSR count). The van der Waals surface area contributed by atoms with Crippen molar-refractivity contribution < 1.29 is 14.1 Å². The fraction of sp³-hybridized carbons (Fsp3) is 0.500. The number of aromatic nitrogens is 1. The van der Waals surface area contributed by atoms with Gasteiger partial charge >= 0.3 is 0 Å². The van der Waals surface area contributed by atoms with Gasteiger partial charge in [0.1, 0.15) is 5.76 Å². The van der Waals surface area contributed by atoms with Gasteiger partial charge in [-0.15, -0.1) is 12.4 Å². The third-order valence-corrected chi connectivity index (χ3v) is 5.85. The zero-order valence-electron chi connectivity index (χ0n) is 17.5. The summed E-state index contributed by atoms with van der Waals surface area (Å²) in [5.41, 5.74) is 2.98. The molecule has 7 nitrogen and oxygen atoms in total. The minimum atomic E-state index is -0.203. The van der Waals surface area contributed by atoms with Gasteiger partial charge in [0, 0.05) is 38.2 Å². The van der Waals surface area contributed by atoms with Crippen LogP contribution in [-0.2, 0) is 19.4 Å². The van der Waals surface area contributed by atoms with E-state index >= 15 is 0 Å². The molecular formula is C22H29ClN4O3. The van der Waals surface area contributed by atoms with E-state index in [1.54, 1.807) is 19.0 Å². The molecule has 1 N–H and O–H groups in total. The van der Waals surface area contributed by atoms with Crippen molar-refractivity contribution in [2.24, 2.45) is 5.92 Å². The first-order chi connectivity index (χ1) is 14.0. The molecule has 1 unspecified atom stereocenters. The van der Waals surface area contributed by atoms with Gasteiger partial charge in [0.15, 0.2) is 5.69 Å². The van der Waals surface area contributed by atoms with E-state index in [9.17, 15) is 9.59 Å². The van der Waals surface area contributed by atoms with E-state index in [1.807, 2.05) is 12.1 Å². The van der Waals surface area contributed by atoms with Crippen molar-refractivity contribution >= 4 is 24.2 Å². The van der Waals surface area contributed by atoms with Crippen molar-refractivity contribution in [1.29, 1.82) is 0 Å². The first-order valence-corrected chi connectivity index (χ1v) is 10.3. The first kappa shape index (κ1) is 22.3. The predicted molar refractivity (Wildman–Crippen MR) is 116 cm³/mol. The van der Waals surface area contributed by atoms with Crippen molar-refractivity contribution in [3.05, 3.63) is 52.4 Å². The van der Waals surface area contributed by atoms with Gasteiger partial charge in [-0.1, -0.05) is 17.3 Å². The maximum absolute atomic E-state index is 13.0. The van der Waals surface area contributed by atoms with Crippen LogP contribution in [-0.4, -0.2) is 60.5 Å². The van der Waals surface area contributed by atoms with Crippen LogP contribution < -0.4 is 5.32 Å². The van der Waals surface area contributed by atoms with Gasteiger partial charge < -0.3 is 19.6 Å². The third-order valence-electron chi connectivity index (χ3n) is 5.85. The molecule has 1 aromatic heterocycles. The van der Waals surface area contributed by atoms with E-state index < -0.39 is 0 Å². The molecule has 0 bridgehead atoms. The number of hydrogen-bond acceptors (Lipinski definition) is 5. The summed E-state index contributed by atoms with van der Waals surface area (Å²) in [6.45, 7) is 3.10. The molecule has 0 radical (unpaired) electrons. The molecule has 0 saturated carbocycles. The van der Waals surface area contributed by atoms with Crippen LogP contribution in [0.5, 0.6) is 0 Å². The van der Waals surface area contributed by atoms with E-state index in [4.69, 9.17) is 4.52 Å². The molecule has 1 saturated heterocycles. The van der Waals surface area contributed by atoms with Crippen LogP contribution in [0.2, 0.25) is 0 Å². The van der Waals surface area contributed by atoms with Gasteiger partial charge in [0.05, 0.1) is 6.54 Å². The quantitative estimate of drug-likeness (QED) is 0.803.